The maximum absolute atomic E-state index is 8.69. The van der Waals surface area contributed by atoms with E-state index in [-0.39, 0.29) is 0 Å². The molecule has 0 saturated carbocycles. The monoisotopic (exact) mass is 301 g/mol. The van der Waals surface area contributed by atoms with Crippen LogP contribution in [0.2, 0.25) is 0 Å². The van der Waals surface area contributed by atoms with Gasteiger partial charge in [-0.2, -0.15) is 5.26 Å². The fraction of sp³-hybridized carbons (Fsp3) is 0.385. The van der Waals surface area contributed by atoms with E-state index in [2.05, 4.69) is 21.3 Å². The summed E-state index contributed by atoms with van der Waals surface area (Å²) in [5.74, 6) is 0.376. The van der Waals surface area contributed by atoms with E-state index in [1.165, 1.54) is 40.4 Å². The summed E-state index contributed by atoms with van der Waals surface area (Å²) in [4.78, 5) is 7.08. The molecule has 0 radical (unpaired) electrons. The molecule has 0 N–H and O–H groups in total. The Morgan fingerprint density at radius 1 is 1.35 bits per heavy atom. The molecule has 4 rings (SSSR count). The van der Waals surface area contributed by atoms with E-state index >= 15 is 0 Å². The summed E-state index contributed by atoms with van der Waals surface area (Å²) in [6.07, 6.45) is 6.56. The molecule has 0 atom stereocenters. The molecule has 0 unspecified atom stereocenters. The Hall–Kier alpha value is -1.65. The number of nitriles is 1. The van der Waals surface area contributed by atoms with Crippen LogP contribution < -0.4 is 0 Å². The lowest BCUT2D eigenvalue weighted by molar-refractivity contribution is 0.700. The lowest BCUT2D eigenvalue weighted by atomic mass is 9.97. The number of nitrogens with zero attached hydrogens (tertiary/aromatic N) is 5. The number of hydrogen-bond acceptors (Lipinski definition) is 6. The largest absolute Gasteiger partial charge is 0.260 e. The van der Waals surface area contributed by atoms with Gasteiger partial charge in [0, 0.05) is 4.88 Å². The average Bonchev–Trinajstić information content (AvgIpc) is 3.05. The first-order chi connectivity index (χ1) is 9.88. The van der Waals surface area contributed by atoms with Gasteiger partial charge >= 0.3 is 0 Å². The van der Waals surface area contributed by atoms with Gasteiger partial charge in [0.05, 0.1) is 17.2 Å². The van der Waals surface area contributed by atoms with Gasteiger partial charge in [0.1, 0.15) is 11.2 Å². The Labute approximate surface area is 123 Å². The predicted octanol–water partition coefficient (Wildman–Crippen LogP) is 2.83. The topological polar surface area (TPSA) is 66.9 Å². The summed E-state index contributed by atoms with van der Waals surface area (Å²) >= 11 is 3.19. The van der Waals surface area contributed by atoms with Crippen molar-refractivity contribution >= 4 is 39.0 Å². The lowest BCUT2D eigenvalue weighted by Crippen LogP contribution is -1.99. The zero-order chi connectivity index (χ0) is 13.5. The molecule has 0 amide bonds. The van der Waals surface area contributed by atoms with Crippen LogP contribution >= 0.6 is 23.1 Å². The highest BCUT2D eigenvalue weighted by Gasteiger charge is 2.20. The molecule has 3 aromatic heterocycles. The highest BCUT2D eigenvalue weighted by molar-refractivity contribution is 7.99. The second-order valence-electron chi connectivity index (χ2n) is 4.76. The van der Waals surface area contributed by atoms with Crippen molar-refractivity contribution in [1.29, 1.82) is 5.26 Å². The van der Waals surface area contributed by atoms with Crippen LogP contribution in [0.4, 0.5) is 0 Å². The van der Waals surface area contributed by atoms with Gasteiger partial charge in [-0.25, -0.2) is 4.98 Å². The van der Waals surface area contributed by atoms with Crippen LogP contribution in [0.1, 0.15) is 23.3 Å². The number of thiophene rings is 1. The van der Waals surface area contributed by atoms with Crippen molar-refractivity contribution in [2.45, 2.75) is 30.8 Å². The third-order valence-corrected chi connectivity index (χ3v) is 5.61. The Morgan fingerprint density at radius 2 is 2.25 bits per heavy atom. The number of thioether (sulfide) groups is 1. The highest BCUT2D eigenvalue weighted by atomic mass is 32.2. The van der Waals surface area contributed by atoms with Gasteiger partial charge in [-0.1, -0.05) is 11.8 Å². The fourth-order valence-electron chi connectivity index (χ4n) is 2.73. The van der Waals surface area contributed by atoms with Crippen LogP contribution in [-0.2, 0) is 12.8 Å². The minimum Gasteiger partial charge on any atom is -0.260 e. The summed E-state index contributed by atoms with van der Waals surface area (Å²) in [6, 6.07) is 2.12. The van der Waals surface area contributed by atoms with E-state index in [1.54, 1.807) is 17.7 Å². The quantitative estimate of drug-likeness (QED) is 0.681. The third-order valence-electron chi connectivity index (χ3n) is 3.60. The first kappa shape index (κ1) is 12.1. The molecular formula is C13H11N5S2. The number of hydrogen-bond donors (Lipinski definition) is 0. The smallest absolute Gasteiger partial charge is 0.197 e. The molecular weight excluding hydrogens is 290 g/mol. The minimum atomic E-state index is 0.376. The summed E-state index contributed by atoms with van der Waals surface area (Å²) in [5, 5.41) is 19.1. The van der Waals surface area contributed by atoms with Gasteiger partial charge < -0.3 is 0 Å². The molecule has 100 valence electrons. The van der Waals surface area contributed by atoms with Crippen molar-refractivity contribution in [3.05, 3.63) is 16.8 Å². The van der Waals surface area contributed by atoms with Crippen LogP contribution in [0, 0.1) is 11.3 Å². The zero-order valence-corrected chi connectivity index (χ0v) is 12.3. The van der Waals surface area contributed by atoms with Crippen molar-refractivity contribution in [3.8, 4) is 6.07 Å². The molecule has 3 heterocycles. The van der Waals surface area contributed by atoms with Crippen molar-refractivity contribution < 1.29 is 0 Å². The molecule has 0 aromatic carbocycles. The number of rotatable bonds is 2. The van der Waals surface area contributed by atoms with Crippen LogP contribution in [-0.4, -0.2) is 25.3 Å². The van der Waals surface area contributed by atoms with Gasteiger partial charge in [0.15, 0.2) is 10.8 Å². The second kappa shape index (κ2) is 4.72. The van der Waals surface area contributed by atoms with Crippen LogP contribution in [0.25, 0.3) is 15.9 Å². The molecule has 0 fully saturated rings. The molecule has 0 bridgehead atoms. The first-order valence-corrected chi connectivity index (χ1v) is 8.32. The maximum atomic E-state index is 8.69. The fourth-order valence-corrected chi connectivity index (χ4v) is 4.52. The molecule has 1 aliphatic carbocycles. The van der Waals surface area contributed by atoms with Gasteiger partial charge in [-0.15, -0.1) is 21.5 Å². The molecule has 0 aliphatic heterocycles. The van der Waals surface area contributed by atoms with Gasteiger partial charge in [0.2, 0.25) is 0 Å². The number of aromatic nitrogens is 4. The van der Waals surface area contributed by atoms with E-state index in [0.29, 0.717) is 5.75 Å². The lowest BCUT2D eigenvalue weighted by Gasteiger charge is -2.10. The molecule has 20 heavy (non-hydrogen) atoms. The van der Waals surface area contributed by atoms with Crippen molar-refractivity contribution in [1.82, 2.24) is 19.6 Å². The van der Waals surface area contributed by atoms with Crippen LogP contribution in [0.3, 0.4) is 0 Å². The summed E-state index contributed by atoms with van der Waals surface area (Å²) in [6.45, 7) is 0. The SMILES string of the molecule is N#CCSc1nnc2c3c4c(sc3ncn12)CCCC4. The second-order valence-corrected chi connectivity index (χ2v) is 6.78. The van der Waals surface area contributed by atoms with Crippen LogP contribution in [0.15, 0.2) is 11.5 Å². The van der Waals surface area contributed by atoms with E-state index in [0.717, 1.165) is 28.5 Å². The van der Waals surface area contributed by atoms with E-state index < -0.39 is 0 Å². The van der Waals surface area contributed by atoms with Gasteiger partial charge in [-0.05, 0) is 31.2 Å². The minimum absolute atomic E-state index is 0.376. The van der Waals surface area contributed by atoms with Gasteiger partial charge in [-0.3, -0.25) is 4.40 Å². The molecule has 3 aromatic rings. The first-order valence-electron chi connectivity index (χ1n) is 6.52. The van der Waals surface area contributed by atoms with Gasteiger partial charge in [0.25, 0.3) is 0 Å². The molecule has 0 saturated heterocycles. The van der Waals surface area contributed by atoms with Crippen molar-refractivity contribution in [3.63, 3.8) is 0 Å². The van der Waals surface area contributed by atoms with Crippen molar-refractivity contribution in [2.75, 3.05) is 5.75 Å². The van der Waals surface area contributed by atoms with E-state index in [4.69, 9.17) is 5.26 Å². The van der Waals surface area contributed by atoms with E-state index in [9.17, 15) is 0 Å². The molecule has 7 heteroatoms. The predicted molar refractivity (Wildman–Crippen MR) is 79.1 cm³/mol. The Kier molecular flexibility index (Phi) is 2.86. The maximum Gasteiger partial charge on any atom is 0.197 e. The van der Waals surface area contributed by atoms with Crippen molar-refractivity contribution in [2.24, 2.45) is 0 Å². The Morgan fingerprint density at radius 3 is 3.15 bits per heavy atom. The van der Waals surface area contributed by atoms with Crippen LogP contribution in [0.5, 0.6) is 0 Å². The highest BCUT2D eigenvalue weighted by Crippen LogP contribution is 2.37. The Bertz CT molecular complexity index is 842. The Balaban J connectivity index is 1.97. The standard InChI is InChI=1S/C13H11N5S2/c14-5-6-19-13-17-16-11-10-8-3-1-2-4-9(8)20-12(10)15-7-18(11)13/h7H,1-4,6H2. The molecule has 1 aliphatic rings. The molecule has 0 spiro atoms. The molecule has 5 nitrogen and oxygen atoms in total. The number of aryl methyl sites for hydroxylation is 2. The normalized spacial score (nSPS) is 14.6. The summed E-state index contributed by atoms with van der Waals surface area (Å²) in [7, 11) is 0. The van der Waals surface area contributed by atoms with E-state index in [1.807, 2.05) is 4.40 Å². The number of fused-ring (bicyclic) bond motifs is 5. The summed E-state index contributed by atoms with van der Waals surface area (Å²) in [5.41, 5.74) is 2.30. The zero-order valence-electron chi connectivity index (χ0n) is 10.7. The summed E-state index contributed by atoms with van der Waals surface area (Å²) < 4.78 is 1.91. The third kappa shape index (κ3) is 1.72. The average molecular weight is 301 g/mol.